The van der Waals surface area contributed by atoms with Gasteiger partial charge in [0.2, 0.25) is 10.0 Å². The molecule has 2 rings (SSSR count). The van der Waals surface area contributed by atoms with Gasteiger partial charge in [0.1, 0.15) is 0 Å². The Kier molecular flexibility index (Phi) is 5.00. The van der Waals surface area contributed by atoms with Gasteiger partial charge in [0.15, 0.2) is 4.90 Å². The van der Waals surface area contributed by atoms with Gasteiger partial charge in [-0.05, 0) is 36.8 Å². The van der Waals surface area contributed by atoms with E-state index >= 15 is 0 Å². The van der Waals surface area contributed by atoms with Crippen LogP contribution in [-0.2, 0) is 10.0 Å². The van der Waals surface area contributed by atoms with Crippen molar-refractivity contribution in [2.24, 2.45) is 11.8 Å². The Bertz CT molecular complexity index is 648. The lowest BCUT2D eigenvalue weighted by Crippen LogP contribution is -2.29. The van der Waals surface area contributed by atoms with Crippen LogP contribution in [0, 0.1) is 22.0 Å². The molecule has 1 saturated carbocycles. The molecule has 1 aromatic carbocycles. The molecule has 1 aromatic rings. The zero-order chi connectivity index (χ0) is 15.6. The zero-order valence-corrected chi connectivity index (χ0v) is 14.0. The van der Waals surface area contributed by atoms with Gasteiger partial charge in [-0.2, -0.15) is 0 Å². The van der Waals surface area contributed by atoms with Crippen LogP contribution in [0.15, 0.2) is 27.6 Å². The second kappa shape index (κ2) is 6.41. The lowest BCUT2D eigenvalue weighted by Gasteiger charge is -2.12. The molecule has 6 nitrogen and oxygen atoms in total. The molecule has 1 aliphatic carbocycles. The molecule has 0 heterocycles. The summed E-state index contributed by atoms with van der Waals surface area (Å²) in [7, 11) is -3.89. The van der Waals surface area contributed by atoms with Crippen molar-refractivity contribution in [3.05, 3.63) is 32.8 Å². The van der Waals surface area contributed by atoms with Gasteiger partial charge >= 0.3 is 0 Å². The molecule has 8 heteroatoms. The van der Waals surface area contributed by atoms with E-state index in [-0.39, 0.29) is 4.90 Å². The molecule has 0 radical (unpaired) electrons. The number of nitro groups is 1. The zero-order valence-electron chi connectivity index (χ0n) is 11.6. The topological polar surface area (TPSA) is 89.3 Å². The van der Waals surface area contributed by atoms with Crippen molar-refractivity contribution in [3.63, 3.8) is 0 Å². The smallest absolute Gasteiger partial charge is 0.258 e. The predicted molar refractivity (Wildman–Crippen MR) is 82.5 cm³/mol. The van der Waals surface area contributed by atoms with Crippen LogP contribution in [-0.4, -0.2) is 19.9 Å². The molecule has 0 spiro atoms. The van der Waals surface area contributed by atoms with Crippen LogP contribution in [0.2, 0.25) is 0 Å². The molecule has 0 aromatic heterocycles. The molecule has 0 saturated heterocycles. The lowest BCUT2D eigenvalue weighted by molar-refractivity contribution is -0.387. The Balaban J connectivity index is 2.19. The SMILES string of the molecule is CC1CCC(CNS(=O)(=O)c2cc(Br)ccc2[N+](=O)[O-])C1. The minimum absolute atomic E-state index is 0.298. The second-order valence-electron chi connectivity index (χ2n) is 5.51. The summed E-state index contributed by atoms with van der Waals surface area (Å²) in [5.74, 6) is 0.917. The summed E-state index contributed by atoms with van der Waals surface area (Å²) in [4.78, 5) is 10.0. The Hall–Kier alpha value is -0.990. The van der Waals surface area contributed by atoms with E-state index in [9.17, 15) is 18.5 Å². The number of rotatable bonds is 5. The molecule has 0 aliphatic heterocycles. The number of nitro benzene ring substituents is 1. The highest BCUT2D eigenvalue weighted by Gasteiger charge is 2.28. The molecule has 2 unspecified atom stereocenters. The lowest BCUT2D eigenvalue weighted by atomic mass is 10.1. The third-order valence-electron chi connectivity index (χ3n) is 3.77. The van der Waals surface area contributed by atoms with E-state index < -0.39 is 20.6 Å². The molecule has 0 bridgehead atoms. The largest absolute Gasteiger partial charge is 0.289 e. The maximum absolute atomic E-state index is 12.3. The molecule has 1 N–H and O–H groups in total. The number of nitrogens with zero attached hydrogens (tertiary/aromatic N) is 1. The van der Waals surface area contributed by atoms with Gasteiger partial charge in [0.25, 0.3) is 5.69 Å². The molecule has 21 heavy (non-hydrogen) atoms. The van der Waals surface area contributed by atoms with Gasteiger partial charge in [-0.3, -0.25) is 10.1 Å². The second-order valence-corrected chi connectivity index (χ2v) is 8.16. The summed E-state index contributed by atoms with van der Waals surface area (Å²) < 4.78 is 27.6. The summed E-state index contributed by atoms with van der Waals surface area (Å²) in [6.07, 6.45) is 3.08. The fourth-order valence-corrected chi connectivity index (χ4v) is 4.49. The average molecular weight is 377 g/mol. The van der Waals surface area contributed by atoms with Gasteiger partial charge in [-0.15, -0.1) is 0 Å². The van der Waals surface area contributed by atoms with Gasteiger partial charge in [-0.25, -0.2) is 13.1 Å². The molecular weight excluding hydrogens is 360 g/mol. The quantitative estimate of drug-likeness (QED) is 0.631. The van der Waals surface area contributed by atoms with E-state index in [0.717, 1.165) is 19.3 Å². The van der Waals surface area contributed by atoms with Crippen LogP contribution in [0.3, 0.4) is 0 Å². The van der Waals surface area contributed by atoms with Crippen LogP contribution in [0.5, 0.6) is 0 Å². The summed E-state index contributed by atoms with van der Waals surface area (Å²) in [5, 5.41) is 11.0. The molecule has 1 fully saturated rings. The average Bonchev–Trinajstić information content (AvgIpc) is 2.82. The number of sulfonamides is 1. The first-order valence-corrected chi connectivity index (χ1v) is 9.01. The Labute approximate surface area is 132 Å². The summed E-state index contributed by atoms with van der Waals surface area (Å²) in [6.45, 7) is 2.48. The van der Waals surface area contributed by atoms with Crippen LogP contribution < -0.4 is 4.72 Å². The third kappa shape index (κ3) is 4.02. The number of hydrogen-bond acceptors (Lipinski definition) is 4. The minimum Gasteiger partial charge on any atom is -0.258 e. The van der Waals surface area contributed by atoms with Crippen molar-refractivity contribution in [2.75, 3.05) is 6.54 Å². The van der Waals surface area contributed by atoms with E-state index in [1.165, 1.54) is 18.2 Å². The van der Waals surface area contributed by atoms with Gasteiger partial charge < -0.3 is 0 Å². The van der Waals surface area contributed by atoms with Crippen molar-refractivity contribution >= 4 is 31.6 Å². The van der Waals surface area contributed by atoms with E-state index in [4.69, 9.17) is 0 Å². The molecule has 116 valence electrons. The standard InChI is InChI=1S/C13H17BrN2O4S/c1-9-2-3-10(6-9)8-15-21(19,20)13-7-11(14)4-5-12(13)16(17)18/h4-5,7,9-10,15H,2-3,6,8H2,1H3. The fourth-order valence-electron chi connectivity index (χ4n) is 2.67. The maximum atomic E-state index is 12.3. The molecule has 0 amide bonds. The van der Waals surface area contributed by atoms with Crippen molar-refractivity contribution in [1.29, 1.82) is 0 Å². The van der Waals surface area contributed by atoms with Crippen molar-refractivity contribution in [3.8, 4) is 0 Å². The van der Waals surface area contributed by atoms with E-state index in [0.29, 0.717) is 22.9 Å². The predicted octanol–water partition coefficient (Wildman–Crippen LogP) is 3.07. The summed E-state index contributed by atoms with van der Waals surface area (Å²) in [6, 6.07) is 3.91. The van der Waals surface area contributed by atoms with Crippen LogP contribution in [0.25, 0.3) is 0 Å². The number of benzene rings is 1. The number of hydrogen-bond donors (Lipinski definition) is 1. The van der Waals surface area contributed by atoms with Crippen molar-refractivity contribution in [2.45, 2.75) is 31.1 Å². The van der Waals surface area contributed by atoms with Crippen LogP contribution >= 0.6 is 15.9 Å². The van der Waals surface area contributed by atoms with Crippen molar-refractivity contribution < 1.29 is 13.3 Å². The first kappa shape index (κ1) is 16.4. The first-order chi connectivity index (χ1) is 9.79. The number of nitrogens with one attached hydrogen (secondary N) is 1. The normalized spacial score (nSPS) is 22.4. The van der Waals surface area contributed by atoms with Crippen LogP contribution in [0.4, 0.5) is 5.69 Å². The number of halogens is 1. The summed E-state index contributed by atoms with van der Waals surface area (Å²) in [5.41, 5.74) is -0.412. The molecule has 2 atom stereocenters. The van der Waals surface area contributed by atoms with Crippen molar-refractivity contribution in [1.82, 2.24) is 4.72 Å². The monoisotopic (exact) mass is 376 g/mol. The Morgan fingerprint density at radius 2 is 2.14 bits per heavy atom. The van der Waals surface area contributed by atoms with Gasteiger partial charge in [0.05, 0.1) is 4.92 Å². The summed E-state index contributed by atoms with van der Waals surface area (Å²) >= 11 is 3.15. The van der Waals surface area contributed by atoms with E-state index in [1.54, 1.807) is 0 Å². The molecular formula is C13H17BrN2O4S. The van der Waals surface area contributed by atoms with E-state index in [2.05, 4.69) is 27.6 Å². The van der Waals surface area contributed by atoms with Gasteiger partial charge in [-0.1, -0.05) is 29.3 Å². The highest BCUT2D eigenvalue weighted by Crippen LogP contribution is 2.31. The first-order valence-electron chi connectivity index (χ1n) is 6.73. The third-order valence-corrected chi connectivity index (χ3v) is 5.72. The maximum Gasteiger partial charge on any atom is 0.289 e. The Morgan fingerprint density at radius 1 is 1.43 bits per heavy atom. The Morgan fingerprint density at radius 3 is 2.71 bits per heavy atom. The highest BCUT2D eigenvalue weighted by atomic mass is 79.9. The minimum atomic E-state index is -3.89. The molecule has 1 aliphatic rings. The fraction of sp³-hybridized carbons (Fsp3) is 0.538. The van der Waals surface area contributed by atoms with E-state index in [1.807, 2.05) is 0 Å². The van der Waals surface area contributed by atoms with Gasteiger partial charge in [0, 0.05) is 17.1 Å². The van der Waals surface area contributed by atoms with Crippen LogP contribution in [0.1, 0.15) is 26.2 Å². The highest BCUT2D eigenvalue weighted by molar-refractivity contribution is 9.10.